The number of carbonyl (C=O) groups excluding carboxylic acids is 2. The Balaban J connectivity index is 1.73. The molecule has 1 atom stereocenters. The molecule has 2 aromatic carbocycles. The van der Waals surface area contributed by atoms with E-state index in [1.54, 1.807) is 17.0 Å². The summed E-state index contributed by atoms with van der Waals surface area (Å²) in [4.78, 5) is 29.2. The summed E-state index contributed by atoms with van der Waals surface area (Å²) in [5, 5.41) is 3.18. The van der Waals surface area contributed by atoms with Crippen molar-refractivity contribution in [1.82, 2.24) is 10.2 Å². The maximum atomic E-state index is 13.4. The lowest BCUT2D eigenvalue weighted by molar-refractivity contribution is -0.139. The average molecular weight is 457 g/mol. The number of halogens is 1. The molecule has 1 aliphatic carbocycles. The molecule has 1 saturated carbocycles. The van der Waals surface area contributed by atoms with Crippen LogP contribution in [0.15, 0.2) is 53.4 Å². The summed E-state index contributed by atoms with van der Waals surface area (Å²) in [6, 6.07) is 13.8. The minimum atomic E-state index is -0.548. The SMILES string of the molecule is CC[C@@H](C(=O)NC1CCCCC1)N(Cc1ccc(F)cc1)C(=O)CSc1ccc(C)cc1. The van der Waals surface area contributed by atoms with Crippen LogP contribution >= 0.6 is 11.8 Å². The molecule has 0 aromatic heterocycles. The number of nitrogens with one attached hydrogen (secondary N) is 1. The molecular formula is C26H33FN2O2S. The third-order valence-corrected chi connectivity index (χ3v) is 6.98. The number of carbonyl (C=O) groups is 2. The first-order valence-electron chi connectivity index (χ1n) is 11.5. The summed E-state index contributed by atoms with van der Waals surface area (Å²) in [6.07, 6.45) is 6.00. The third-order valence-electron chi connectivity index (χ3n) is 5.99. The Morgan fingerprint density at radius 1 is 1.06 bits per heavy atom. The number of rotatable bonds is 9. The van der Waals surface area contributed by atoms with Gasteiger partial charge in [0.05, 0.1) is 5.75 Å². The van der Waals surface area contributed by atoms with Crippen LogP contribution < -0.4 is 5.32 Å². The molecule has 0 spiro atoms. The second kappa shape index (κ2) is 12.0. The third kappa shape index (κ3) is 7.09. The van der Waals surface area contributed by atoms with Crippen LogP contribution in [0.25, 0.3) is 0 Å². The van der Waals surface area contributed by atoms with Gasteiger partial charge in [-0.15, -0.1) is 11.8 Å². The van der Waals surface area contributed by atoms with Crippen LogP contribution in [0.5, 0.6) is 0 Å². The fraction of sp³-hybridized carbons (Fsp3) is 0.462. The van der Waals surface area contributed by atoms with E-state index in [9.17, 15) is 14.0 Å². The van der Waals surface area contributed by atoms with E-state index in [1.165, 1.54) is 35.9 Å². The zero-order chi connectivity index (χ0) is 22.9. The minimum absolute atomic E-state index is 0.0878. The summed E-state index contributed by atoms with van der Waals surface area (Å²) in [5.41, 5.74) is 1.98. The van der Waals surface area contributed by atoms with Gasteiger partial charge < -0.3 is 10.2 Å². The lowest BCUT2D eigenvalue weighted by Gasteiger charge is -2.32. The molecule has 172 valence electrons. The van der Waals surface area contributed by atoms with Gasteiger partial charge >= 0.3 is 0 Å². The van der Waals surface area contributed by atoms with Crippen molar-refractivity contribution >= 4 is 23.6 Å². The van der Waals surface area contributed by atoms with Crippen LogP contribution in [0.1, 0.15) is 56.6 Å². The molecule has 3 rings (SSSR count). The summed E-state index contributed by atoms with van der Waals surface area (Å²) in [6.45, 7) is 4.24. The molecule has 6 heteroatoms. The first-order valence-corrected chi connectivity index (χ1v) is 12.5. The van der Waals surface area contributed by atoms with Gasteiger partial charge in [0.25, 0.3) is 0 Å². The highest BCUT2D eigenvalue weighted by Crippen LogP contribution is 2.22. The summed E-state index contributed by atoms with van der Waals surface area (Å²) < 4.78 is 13.4. The molecule has 1 aliphatic rings. The molecule has 0 bridgehead atoms. The molecule has 0 radical (unpaired) electrons. The predicted molar refractivity (Wildman–Crippen MR) is 128 cm³/mol. The Kier molecular flexibility index (Phi) is 9.15. The van der Waals surface area contributed by atoms with Gasteiger partial charge in [-0.25, -0.2) is 4.39 Å². The van der Waals surface area contributed by atoms with Crippen molar-refractivity contribution in [3.05, 3.63) is 65.5 Å². The average Bonchev–Trinajstić information content (AvgIpc) is 2.80. The Morgan fingerprint density at radius 3 is 2.34 bits per heavy atom. The normalized spacial score (nSPS) is 15.2. The van der Waals surface area contributed by atoms with Gasteiger partial charge in [-0.3, -0.25) is 9.59 Å². The van der Waals surface area contributed by atoms with Crippen molar-refractivity contribution in [2.24, 2.45) is 0 Å². The first kappa shape index (κ1) is 24.3. The largest absolute Gasteiger partial charge is 0.352 e. The molecule has 2 amide bonds. The molecule has 2 aromatic rings. The van der Waals surface area contributed by atoms with Crippen LogP contribution in [0.2, 0.25) is 0 Å². The smallest absolute Gasteiger partial charge is 0.243 e. The Morgan fingerprint density at radius 2 is 1.72 bits per heavy atom. The van der Waals surface area contributed by atoms with Gasteiger partial charge in [0.1, 0.15) is 11.9 Å². The fourth-order valence-corrected chi connectivity index (χ4v) is 4.90. The van der Waals surface area contributed by atoms with E-state index in [-0.39, 0.29) is 36.0 Å². The highest BCUT2D eigenvalue weighted by Gasteiger charge is 2.30. The van der Waals surface area contributed by atoms with Crippen molar-refractivity contribution < 1.29 is 14.0 Å². The highest BCUT2D eigenvalue weighted by molar-refractivity contribution is 8.00. The van der Waals surface area contributed by atoms with E-state index in [1.807, 2.05) is 38.1 Å². The lowest BCUT2D eigenvalue weighted by atomic mass is 9.95. The Hall–Kier alpha value is -2.34. The molecule has 0 aliphatic heterocycles. The van der Waals surface area contributed by atoms with Crippen molar-refractivity contribution in [3.63, 3.8) is 0 Å². The van der Waals surface area contributed by atoms with E-state index < -0.39 is 6.04 Å². The van der Waals surface area contributed by atoms with Crippen LogP contribution in [-0.2, 0) is 16.1 Å². The maximum Gasteiger partial charge on any atom is 0.243 e. The van der Waals surface area contributed by atoms with Gasteiger partial charge in [-0.05, 0) is 56.0 Å². The van der Waals surface area contributed by atoms with E-state index in [0.717, 1.165) is 36.1 Å². The quantitative estimate of drug-likeness (QED) is 0.508. The second-order valence-electron chi connectivity index (χ2n) is 8.52. The number of nitrogens with zero attached hydrogens (tertiary/aromatic N) is 1. The molecule has 32 heavy (non-hydrogen) atoms. The summed E-state index contributed by atoms with van der Waals surface area (Å²) in [5.74, 6) is -0.248. The zero-order valence-electron chi connectivity index (χ0n) is 19.0. The Labute approximate surface area is 195 Å². The number of hydrogen-bond donors (Lipinski definition) is 1. The predicted octanol–water partition coefficient (Wildman–Crippen LogP) is 5.48. The summed E-state index contributed by atoms with van der Waals surface area (Å²) >= 11 is 1.47. The van der Waals surface area contributed by atoms with Gasteiger partial charge in [-0.2, -0.15) is 0 Å². The number of benzene rings is 2. The molecular weight excluding hydrogens is 423 g/mol. The van der Waals surface area contributed by atoms with Gasteiger partial charge in [0, 0.05) is 17.5 Å². The van der Waals surface area contributed by atoms with Crippen molar-refractivity contribution in [2.75, 3.05) is 5.75 Å². The molecule has 4 nitrogen and oxygen atoms in total. The van der Waals surface area contributed by atoms with Crippen molar-refractivity contribution in [2.45, 2.75) is 75.9 Å². The molecule has 0 unspecified atom stereocenters. The topological polar surface area (TPSA) is 49.4 Å². The fourth-order valence-electron chi connectivity index (χ4n) is 4.11. The standard InChI is InChI=1S/C26H33FN2O2S/c1-3-24(26(31)28-22-7-5-4-6-8-22)29(17-20-11-13-21(27)14-12-20)25(30)18-32-23-15-9-19(2)10-16-23/h9-16,22,24H,3-8,17-18H2,1-2H3,(H,28,31)/t24-/m0/s1. The summed E-state index contributed by atoms with van der Waals surface area (Å²) in [7, 11) is 0. The Bertz CT molecular complexity index is 880. The first-order chi connectivity index (χ1) is 15.5. The van der Waals surface area contributed by atoms with E-state index in [0.29, 0.717) is 6.42 Å². The van der Waals surface area contributed by atoms with Crippen LogP contribution in [-0.4, -0.2) is 34.6 Å². The lowest BCUT2D eigenvalue weighted by Crippen LogP contribution is -2.52. The number of amides is 2. The van der Waals surface area contributed by atoms with Crippen molar-refractivity contribution in [3.8, 4) is 0 Å². The monoisotopic (exact) mass is 456 g/mol. The van der Waals surface area contributed by atoms with E-state index in [2.05, 4.69) is 5.32 Å². The molecule has 0 saturated heterocycles. The highest BCUT2D eigenvalue weighted by atomic mass is 32.2. The number of aryl methyl sites for hydroxylation is 1. The van der Waals surface area contributed by atoms with E-state index >= 15 is 0 Å². The van der Waals surface area contributed by atoms with Gasteiger partial charge in [0.2, 0.25) is 11.8 Å². The zero-order valence-corrected chi connectivity index (χ0v) is 19.8. The molecule has 0 heterocycles. The second-order valence-corrected chi connectivity index (χ2v) is 9.57. The van der Waals surface area contributed by atoms with Crippen LogP contribution in [0, 0.1) is 12.7 Å². The minimum Gasteiger partial charge on any atom is -0.352 e. The number of thioether (sulfide) groups is 1. The van der Waals surface area contributed by atoms with E-state index in [4.69, 9.17) is 0 Å². The van der Waals surface area contributed by atoms with Crippen LogP contribution in [0.4, 0.5) is 4.39 Å². The van der Waals surface area contributed by atoms with Gasteiger partial charge in [0.15, 0.2) is 0 Å². The number of hydrogen-bond acceptors (Lipinski definition) is 3. The molecule has 1 N–H and O–H groups in total. The van der Waals surface area contributed by atoms with Crippen molar-refractivity contribution in [1.29, 1.82) is 0 Å². The van der Waals surface area contributed by atoms with Gasteiger partial charge in [-0.1, -0.05) is 56.0 Å². The maximum absolute atomic E-state index is 13.4. The molecule has 1 fully saturated rings. The van der Waals surface area contributed by atoms with Crippen LogP contribution in [0.3, 0.4) is 0 Å².